The average molecular weight is 275 g/mol. The molecule has 0 radical (unpaired) electrons. The van der Waals surface area contributed by atoms with E-state index in [1.54, 1.807) is 6.07 Å². The largest absolute Gasteiger partial charge is 0.444 e. The molecule has 1 aromatic heterocycles. The van der Waals surface area contributed by atoms with E-state index in [-0.39, 0.29) is 0 Å². The van der Waals surface area contributed by atoms with E-state index in [4.69, 9.17) is 10.5 Å². The van der Waals surface area contributed by atoms with E-state index in [0.717, 1.165) is 5.56 Å². The lowest BCUT2D eigenvalue weighted by molar-refractivity contribution is 0.0529. The second kappa shape index (κ2) is 6.80. The summed E-state index contributed by atoms with van der Waals surface area (Å²) in [6, 6.07) is 3.65. The molecule has 1 amide bonds. The summed E-state index contributed by atoms with van der Waals surface area (Å²) in [6.45, 7) is 7.83. The Bertz CT molecular complexity index is 516. The zero-order chi connectivity index (χ0) is 15.2. The molecule has 0 aliphatic carbocycles. The van der Waals surface area contributed by atoms with Crippen molar-refractivity contribution in [1.82, 2.24) is 10.3 Å². The molecule has 0 bridgehead atoms. The molecule has 0 saturated carbocycles. The minimum Gasteiger partial charge on any atom is -0.444 e. The van der Waals surface area contributed by atoms with Crippen molar-refractivity contribution in [3.05, 3.63) is 23.4 Å². The summed E-state index contributed by atoms with van der Waals surface area (Å²) >= 11 is 0. The number of carbonyl (C=O) groups is 1. The van der Waals surface area contributed by atoms with Crippen LogP contribution in [0.4, 0.5) is 10.6 Å². The second-order valence-electron chi connectivity index (χ2n) is 5.44. The van der Waals surface area contributed by atoms with Gasteiger partial charge in [-0.05, 0) is 51.3 Å². The molecule has 5 nitrogen and oxygen atoms in total. The maximum Gasteiger partial charge on any atom is 0.407 e. The molecular formula is C15H21N3O2. The van der Waals surface area contributed by atoms with Gasteiger partial charge in [0.05, 0.1) is 0 Å². The SMILES string of the molecule is Cc1cc(N)nc(C#CCCNC(=O)OC(C)(C)C)c1. The van der Waals surface area contributed by atoms with Crippen LogP contribution in [0.1, 0.15) is 38.4 Å². The molecule has 0 aliphatic rings. The van der Waals surface area contributed by atoms with Crippen LogP contribution in [0, 0.1) is 18.8 Å². The number of anilines is 1. The molecule has 0 atom stereocenters. The van der Waals surface area contributed by atoms with Gasteiger partial charge in [0.2, 0.25) is 0 Å². The number of amides is 1. The highest BCUT2D eigenvalue weighted by Gasteiger charge is 2.15. The summed E-state index contributed by atoms with van der Waals surface area (Å²) in [5, 5.41) is 2.64. The van der Waals surface area contributed by atoms with Crippen molar-refractivity contribution in [2.24, 2.45) is 0 Å². The second-order valence-corrected chi connectivity index (χ2v) is 5.44. The first-order chi connectivity index (χ1) is 9.26. The van der Waals surface area contributed by atoms with E-state index in [9.17, 15) is 4.79 Å². The predicted molar refractivity (Wildman–Crippen MR) is 79.1 cm³/mol. The topological polar surface area (TPSA) is 77.2 Å². The van der Waals surface area contributed by atoms with E-state index < -0.39 is 11.7 Å². The van der Waals surface area contributed by atoms with Crippen molar-refractivity contribution in [3.63, 3.8) is 0 Å². The Labute approximate surface area is 119 Å². The molecule has 108 valence electrons. The number of hydrogen-bond acceptors (Lipinski definition) is 4. The van der Waals surface area contributed by atoms with Crippen LogP contribution in [0.2, 0.25) is 0 Å². The zero-order valence-corrected chi connectivity index (χ0v) is 12.4. The fraction of sp³-hybridized carbons (Fsp3) is 0.467. The molecule has 1 rings (SSSR count). The molecule has 5 heteroatoms. The third-order valence-electron chi connectivity index (χ3n) is 2.12. The number of hydrogen-bond donors (Lipinski definition) is 2. The maximum absolute atomic E-state index is 11.4. The Morgan fingerprint density at radius 1 is 1.45 bits per heavy atom. The summed E-state index contributed by atoms with van der Waals surface area (Å²) < 4.78 is 5.11. The van der Waals surface area contributed by atoms with Gasteiger partial charge in [-0.1, -0.05) is 5.92 Å². The number of rotatable bonds is 2. The van der Waals surface area contributed by atoms with Crippen molar-refractivity contribution >= 4 is 11.9 Å². The quantitative estimate of drug-likeness (QED) is 0.641. The van der Waals surface area contributed by atoms with E-state index >= 15 is 0 Å². The maximum atomic E-state index is 11.4. The van der Waals surface area contributed by atoms with Gasteiger partial charge in [0.15, 0.2) is 0 Å². The standard InChI is InChI=1S/C15H21N3O2/c1-11-9-12(18-13(16)10-11)7-5-6-8-17-14(19)20-15(2,3)4/h9-10H,6,8H2,1-4H3,(H2,16,18)(H,17,19). The van der Waals surface area contributed by atoms with Crippen LogP contribution >= 0.6 is 0 Å². The molecule has 0 spiro atoms. The lowest BCUT2D eigenvalue weighted by Crippen LogP contribution is -2.32. The van der Waals surface area contributed by atoms with Gasteiger partial charge >= 0.3 is 6.09 Å². The van der Waals surface area contributed by atoms with Crippen LogP contribution in [0.5, 0.6) is 0 Å². The lowest BCUT2D eigenvalue weighted by atomic mass is 10.2. The van der Waals surface area contributed by atoms with Crippen LogP contribution in [0.15, 0.2) is 12.1 Å². The van der Waals surface area contributed by atoms with Crippen LogP contribution in [0.25, 0.3) is 0 Å². The molecule has 0 aromatic carbocycles. The van der Waals surface area contributed by atoms with Crippen LogP contribution in [0.3, 0.4) is 0 Å². The van der Waals surface area contributed by atoms with Gasteiger partial charge in [-0.15, -0.1) is 0 Å². The minimum absolute atomic E-state index is 0.433. The minimum atomic E-state index is -0.487. The van der Waals surface area contributed by atoms with E-state index in [1.807, 2.05) is 33.8 Å². The van der Waals surface area contributed by atoms with Crippen LogP contribution in [-0.4, -0.2) is 23.2 Å². The lowest BCUT2D eigenvalue weighted by Gasteiger charge is -2.19. The molecule has 1 aromatic rings. The summed E-state index contributed by atoms with van der Waals surface area (Å²) in [5.41, 5.74) is 6.81. The van der Waals surface area contributed by atoms with Crippen molar-refractivity contribution in [3.8, 4) is 11.8 Å². The first-order valence-electron chi connectivity index (χ1n) is 6.46. The number of pyridine rings is 1. The number of carbonyl (C=O) groups excluding carboxylic acids is 1. The Morgan fingerprint density at radius 2 is 2.15 bits per heavy atom. The Morgan fingerprint density at radius 3 is 2.75 bits per heavy atom. The monoisotopic (exact) mass is 275 g/mol. The van der Waals surface area contributed by atoms with Gasteiger partial charge in [-0.25, -0.2) is 9.78 Å². The number of nitrogens with two attached hydrogens (primary N) is 1. The van der Waals surface area contributed by atoms with E-state index in [2.05, 4.69) is 22.1 Å². The van der Waals surface area contributed by atoms with Crippen LogP contribution in [-0.2, 0) is 4.74 Å². The van der Waals surface area contributed by atoms with Gasteiger partial charge < -0.3 is 15.8 Å². The van der Waals surface area contributed by atoms with Gasteiger partial charge in [-0.2, -0.15) is 0 Å². The van der Waals surface area contributed by atoms with Gasteiger partial charge in [0, 0.05) is 13.0 Å². The Balaban J connectivity index is 2.38. The summed E-state index contributed by atoms with van der Waals surface area (Å²) in [4.78, 5) is 15.5. The fourth-order valence-electron chi connectivity index (χ4n) is 1.45. The van der Waals surface area contributed by atoms with Crippen molar-refractivity contribution < 1.29 is 9.53 Å². The summed E-state index contributed by atoms with van der Waals surface area (Å²) in [6.07, 6.45) is 0.0895. The molecule has 0 unspecified atom stereocenters. The molecule has 1 heterocycles. The third-order valence-corrected chi connectivity index (χ3v) is 2.12. The van der Waals surface area contributed by atoms with Gasteiger partial charge in [-0.3, -0.25) is 0 Å². The summed E-state index contributed by atoms with van der Waals surface area (Å²) in [5.74, 6) is 6.31. The molecule has 0 saturated heterocycles. The van der Waals surface area contributed by atoms with Crippen molar-refractivity contribution in [2.45, 2.75) is 39.7 Å². The fourth-order valence-corrected chi connectivity index (χ4v) is 1.45. The molecule has 0 fully saturated rings. The average Bonchev–Trinajstić information content (AvgIpc) is 2.24. The number of aromatic nitrogens is 1. The number of alkyl carbamates (subject to hydrolysis) is 1. The first-order valence-corrected chi connectivity index (χ1v) is 6.46. The smallest absolute Gasteiger partial charge is 0.407 e. The highest BCUT2D eigenvalue weighted by atomic mass is 16.6. The number of nitrogens with one attached hydrogen (secondary N) is 1. The Kier molecular flexibility index (Phi) is 5.39. The van der Waals surface area contributed by atoms with Crippen LogP contribution < -0.4 is 11.1 Å². The van der Waals surface area contributed by atoms with Gasteiger partial charge in [0.25, 0.3) is 0 Å². The molecule has 0 aliphatic heterocycles. The molecule has 20 heavy (non-hydrogen) atoms. The van der Waals surface area contributed by atoms with E-state index in [1.165, 1.54) is 0 Å². The third kappa shape index (κ3) is 6.64. The van der Waals surface area contributed by atoms with E-state index in [0.29, 0.717) is 24.5 Å². The highest BCUT2D eigenvalue weighted by molar-refractivity contribution is 5.67. The first kappa shape index (κ1) is 15.8. The summed E-state index contributed by atoms with van der Waals surface area (Å²) in [7, 11) is 0. The van der Waals surface area contributed by atoms with Crippen molar-refractivity contribution in [1.29, 1.82) is 0 Å². The molecule has 3 N–H and O–H groups in total. The normalized spacial score (nSPS) is 10.4. The zero-order valence-electron chi connectivity index (χ0n) is 12.4. The predicted octanol–water partition coefficient (Wildman–Crippen LogP) is 2.24. The van der Waals surface area contributed by atoms with Gasteiger partial charge in [0.1, 0.15) is 17.1 Å². The number of ether oxygens (including phenoxy) is 1. The molecular weight excluding hydrogens is 254 g/mol. The van der Waals surface area contributed by atoms with Crippen molar-refractivity contribution in [2.75, 3.05) is 12.3 Å². The number of nitrogen functional groups attached to an aromatic ring is 1. The highest BCUT2D eigenvalue weighted by Crippen LogP contribution is 2.06. The number of aryl methyl sites for hydroxylation is 1. The number of nitrogens with zero attached hydrogens (tertiary/aromatic N) is 1. The Hall–Kier alpha value is -2.22.